The summed E-state index contributed by atoms with van der Waals surface area (Å²) in [7, 11) is 0. The first-order valence-corrected chi connectivity index (χ1v) is 11.0. The van der Waals surface area contributed by atoms with Crippen LogP contribution in [0.2, 0.25) is 10.0 Å². The maximum absolute atomic E-state index is 13.8. The maximum atomic E-state index is 13.8. The summed E-state index contributed by atoms with van der Waals surface area (Å²) >= 11 is 12.6. The summed E-state index contributed by atoms with van der Waals surface area (Å²) in [5, 5.41) is 0.763. The molecule has 4 rings (SSSR count). The molecule has 0 aromatic heterocycles. The second-order valence-electron chi connectivity index (χ2n) is 8.15. The van der Waals surface area contributed by atoms with Crippen LogP contribution in [0.1, 0.15) is 59.1 Å². The molecule has 3 amide bonds. The number of primary amides is 2. The van der Waals surface area contributed by atoms with Gasteiger partial charge in [0.2, 0.25) is 11.8 Å². The van der Waals surface area contributed by atoms with E-state index >= 15 is 0 Å². The fraction of sp³-hybridized carbons (Fsp3) is 0.348. The van der Waals surface area contributed by atoms with Gasteiger partial charge in [-0.25, -0.2) is 0 Å². The smallest absolute Gasteiger partial charge is 0.254 e. The van der Waals surface area contributed by atoms with Gasteiger partial charge in [0.25, 0.3) is 5.91 Å². The number of fused-ring (bicyclic) bond motifs is 1. The van der Waals surface area contributed by atoms with Crippen molar-refractivity contribution in [3.05, 3.63) is 69.2 Å². The zero-order valence-electron chi connectivity index (χ0n) is 16.8. The van der Waals surface area contributed by atoms with E-state index < -0.39 is 35.7 Å². The molecule has 4 N–H and O–H groups in total. The van der Waals surface area contributed by atoms with E-state index in [4.69, 9.17) is 34.7 Å². The number of rotatable bonds is 4. The molecule has 1 heterocycles. The molecule has 0 bridgehead atoms. The molecule has 0 spiro atoms. The van der Waals surface area contributed by atoms with E-state index in [1.54, 1.807) is 47.4 Å². The van der Waals surface area contributed by atoms with E-state index in [0.29, 0.717) is 39.6 Å². The van der Waals surface area contributed by atoms with Crippen LogP contribution in [0.5, 0.6) is 0 Å². The van der Waals surface area contributed by atoms with Crippen LogP contribution in [0.15, 0.2) is 42.5 Å². The van der Waals surface area contributed by atoms with E-state index in [1.807, 2.05) is 0 Å². The highest BCUT2D eigenvalue weighted by molar-refractivity contribution is 6.35. The summed E-state index contributed by atoms with van der Waals surface area (Å²) in [5.74, 6) is -2.63. The predicted octanol–water partition coefficient (Wildman–Crippen LogP) is 3.80. The molecule has 4 atom stereocenters. The molecule has 6 nitrogen and oxygen atoms in total. The first kappa shape index (κ1) is 21.7. The molecule has 1 fully saturated rings. The number of nitrogens with zero attached hydrogens (tertiary/aromatic N) is 1. The third-order valence-corrected chi connectivity index (χ3v) is 6.98. The Morgan fingerprint density at radius 3 is 2.32 bits per heavy atom. The van der Waals surface area contributed by atoms with E-state index in [1.165, 1.54) is 0 Å². The van der Waals surface area contributed by atoms with E-state index in [-0.39, 0.29) is 5.91 Å². The molecule has 31 heavy (non-hydrogen) atoms. The standard InChI is InChI=1S/C23H23Cl2N3O3/c24-12-9-10-15(17(25)11-12)20-19(22(27)30)13-5-1-2-6-14(13)23(31)28(20)18-8-4-3-7-16(18)21(26)29/h1-2,5-6,9-11,16,18-20H,3-4,7-8H2,(H2,26,29)(H2,27,30). The summed E-state index contributed by atoms with van der Waals surface area (Å²) in [6.45, 7) is 0. The molecule has 2 aromatic rings. The van der Waals surface area contributed by atoms with Crippen molar-refractivity contribution >= 4 is 40.9 Å². The topological polar surface area (TPSA) is 106 Å². The Kier molecular flexibility index (Phi) is 5.95. The number of amides is 3. The van der Waals surface area contributed by atoms with Crippen molar-refractivity contribution in [3.8, 4) is 0 Å². The number of hydrogen-bond donors (Lipinski definition) is 2. The van der Waals surface area contributed by atoms with Crippen LogP contribution in [0.25, 0.3) is 0 Å². The largest absolute Gasteiger partial charge is 0.369 e. The normalized spacial score (nSPS) is 25.7. The highest BCUT2D eigenvalue weighted by atomic mass is 35.5. The summed E-state index contributed by atoms with van der Waals surface area (Å²) < 4.78 is 0. The van der Waals surface area contributed by atoms with Crippen molar-refractivity contribution in [2.75, 3.05) is 0 Å². The van der Waals surface area contributed by atoms with Crippen LogP contribution in [-0.4, -0.2) is 28.7 Å². The third kappa shape index (κ3) is 3.79. The molecular formula is C23H23Cl2N3O3. The van der Waals surface area contributed by atoms with Gasteiger partial charge in [-0.15, -0.1) is 0 Å². The fourth-order valence-corrected chi connectivity index (χ4v) is 5.59. The fourth-order valence-electron chi connectivity index (χ4n) is 5.07. The number of halogens is 2. The average Bonchev–Trinajstić information content (AvgIpc) is 2.73. The number of hydrogen-bond acceptors (Lipinski definition) is 3. The van der Waals surface area contributed by atoms with Gasteiger partial charge in [-0.2, -0.15) is 0 Å². The molecule has 1 aliphatic carbocycles. The monoisotopic (exact) mass is 459 g/mol. The van der Waals surface area contributed by atoms with Crippen molar-refractivity contribution in [2.24, 2.45) is 17.4 Å². The Morgan fingerprint density at radius 2 is 1.65 bits per heavy atom. The minimum atomic E-state index is -0.831. The quantitative estimate of drug-likeness (QED) is 0.725. The van der Waals surface area contributed by atoms with E-state index in [2.05, 4.69) is 0 Å². The number of benzene rings is 2. The van der Waals surface area contributed by atoms with Crippen LogP contribution in [0, 0.1) is 5.92 Å². The summed E-state index contributed by atoms with van der Waals surface area (Å²) in [6, 6.07) is 10.7. The molecular weight excluding hydrogens is 437 g/mol. The van der Waals surface area contributed by atoms with Gasteiger partial charge in [0.1, 0.15) is 0 Å². The Balaban J connectivity index is 1.96. The van der Waals surface area contributed by atoms with Crippen molar-refractivity contribution in [1.82, 2.24) is 4.90 Å². The Hall–Kier alpha value is -2.57. The molecule has 0 saturated heterocycles. The molecule has 1 aliphatic heterocycles. The Labute approximate surface area is 190 Å². The number of nitrogens with two attached hydrogens (primary N) is 2. The van der Waals surface area contributed by atoms with Gasteiger partial charge >= 0.3 is 0 Å². The molecule has 1 saturated carbocycles. The van der Waals surface area contributed by atoms with Crippen molar-refractivity contribution in [2.45, 2.75) is 43.7 Å². The maximum Gasteiger partial charge on any atom is 0.254 e. The summed E-state index contributed by atoms with van der Waals surface area (Å²) in [4.78, 5) is 40.4. The summed E-state index contributed by atoms with van der Waals surface area (Å²) in [5.41, 5.74) is 13.1. The van der Waals surface area contributed by atoms with Gasteiger partial charge in [-0.05, 0) is 42.2 Å². The van der Waals surface area contributed by atoms with Crippen molar-refractivity contribution < 1.29 is 14.4 Å². The van der Waals surface area contributed by atoms with E-state index in [9.17, 15) is 14.4 Å². The SMILES string of the molecule is NC(=O)C1CCCCC1N1C(=O)c2ccccc2C(C(N)=O)C1c1ccc(Cl)cc1Cl. The Bertz CT molecular complexity index is 1060. The van der Waals surface area contributed by atoms with Gasteiger partial charge in [0.05, 0.1) is 17.9 Å². The average molecular weight is 460 g/mol. The molecule has 2 aliphatic rings. The van der Waals surface area contributed by atoms with Gasteiger partial charge in [-0.3, -0.25) is 14.4 Å². The van der Waals surface area contributed by atoms with Crippen LogP contribution >= 0.6 is 23.2 Å². The van der Waals surface area contributed by atoms with Crippen LogP contribution in [0.4, 0.5) is 0 Å². The molecule has 4 unspecified atom stereocenters. The lowest BCUT2D eigenvalue weighted by Crippen LogP contribution is -2.55. The molecule has 162 valence electrons. The first-order valence-electron chi connectivity index (χ1n) is 10.3. The van der Waals surface area contributed by atoms with Crippen LogP contribution in [0.3, 0.4) is 0 Å². The zero-order valence-corrected chi connectivity index (χ0v) is 18.3. The van der Waals surface area contributed by atoms with Gasteiger partial charge in [0, 0.05) is 21.7 Å². The second-order valence-corrected chi connectivity index (χ2v) is 8.99. The first-order chi connectivity index (χ1) is 14.8. The third-order valence-electron chi connectivity index (χ3n) is 6.42. The molecule has 8 heteroatoms. The van der Waals surface area contributed by atoms with Crippen LogP contribution in [-0.2, 0) is 9.59 Å². The number of carbonyl (C=O) groups is 3. The highest BCUT2D eigenvalue weighted by Gasteiger charge is 2.49. The minimum Gasteiger partial charge on any atom is -0.369 e. The summed E-state index contributed by atoms with van der Waals surface area (Å²) in [6.07, 6.45) is 2.90. The minimum absolute atomic E-state index is 0.262. The molecule has 2 aromatic carbocycles. The van der Waals surface area contributed by atoms with Crippen LogP contribution < -0.4 is 11.5 Å². The van der Waals surface area contributed by atoms with Crippen molar-refractivity contribution in [1.29, 1.82) is 0 Å². The van der Waals surface area contributed by atoms with E-state index in [0.717, 1.165) is 12.8 Å². The zero-order chi connectivity index (χ0) is 22.3. The Morgan fingerprint density at radius 1 is 0.935 bits per heavy atom. The highest BCUT2D eigenvalue weighted by Crippen LogP contribution is 2.48. The number of carbonyl (C=O) groups excluding carboxylic acids is 3. The van der Waals surface area contributed by atoms with Crippen molar-refractivity contribution in [3.63, 3.8) is 0 Å². The van der Waals surface area contributed by atoms with Gasteiger partial charge in [0.15, 0.2) is 0 Å². The lowest BCUT2D eigenvalue weighted by molar-refractivity contribution is -0.125. The predicted molar refractivity (Wildman–Crippen MR) is 119 cm³/mol. The molecule has 0 radical (unpaired) electrons. The van der Waals surface area contributed by atoms with Gasteiger partial charge in [-0.1, -0.05) is 60.3 Å². The lowest BCUT2D eigenvalue weighted by atomic mass is 9.75. The second kappa shape index (κ2) is 8.52. The van der Waals surface area contributed by atoms with Gasteiger partial charge < -0.3 is 16.4 Å². The lowest BCUT2D eigenvalue weighted by Gasteiger charge is -2.48.